The van der Waals surface area contributed by atoms with Crippen LogP contribution in [0.25, 0.3) is 0 Å². The Labute approximate surface area is 72.8 Å². The summed E-state index contributed by atoms with van der Waals surface area (Å²) in [6.07, 6.45) is 3.49. The molecule has 0 aliphatic carbocycles. The molecule has 0 aromatic rings. The minimum Gasteiger partial charge on any atom is -0.580 e. The summed E-state index contributed by atoms with van der Waals surface area (Å²) in [5, 5.41) is 17.5. The van der Waals surface area contributed by atoms with Crippen molar-refractivity contribution in [3.05, 3.63) is 18.8 Å². The molecule has 1 unspecified atom stereocenters. The van der Waals surface area contributed by atoms with Crippen LogP contribution in [0.2, 0.25) is 0 Å². The molecule has 0 saturated heterocycles. The van der Waals surface area contributed by atoms with Gasteiger partial charge in [-0.1, -0.05) is 6.26 Å². The Morgan fingerprint density at radius 3 is 2.70 bits per heavy atom. The first-order valence-electron chi connectivity index (χ1n) is 2.79. The van der Waals surface area contributed by atoms with E-state index in [1.807, 2.05) is 0 Å². The summed E-state index contributed by atoms with van der Waals surface area (Å²) in [6.45, 7) is -0.151. The molecular formula is C6H9O3Os. The van der Waals surface area contributed by atoms with Crippen LogP contribution in [-0.2, 0) is 24.5 Å². The first kappa shape index (κ1) is 9.97. The van der Waals surface area contributed by atoms with Gasteiger partial charge < -0.3 is 14.9 Å². The first-order chi connectivity index (χ1) is 4.34. The van der Waals surface area contributed by atoms with Crippen LogP contribution in [0, 0.1) is 6.42 Å². The summed E-state index contributed by atoms with van der Waals surface area (Å²) in [5.74, 6) is 0. The third-order valence-electron chi connectivity index (χ3n) is 1.20. The fourth-order valence-corrected chi connectivity index (χ4v) is 0.661. The molecule has 1 rings (SSSR count). The summed E-state index contributed by atoms with van der Waals surface area (Å²) in [7, 11) is 0. The second-order valence-corrected chi connectivity index (χ2v) is 1.87. The van der Waals surface area contributed by atoms with Gasteiger partial charge in [-0.3, -0.25) is 0 Å². The summed E-state index contributed by atoms with van der Waals surface area (Å²) >= 11 is 0. The van der Waals surface area contributed by atoms with E-state index in [4.69, 9.17) is 14.9 Å². The van der Waals surface area contributed by atoms with Gasteiger partial charge >= 0.3 is 19.8 Å². The molecule has 0 bridgehead atoms. The number of aliphatic hydroxyl groups is 2. The van der Waals surface area contributed by atoms with Crippen LogP contribution in [0.4, 0.5) is 0 Å². The van der Waals surface area contributed by atoms with E-state index in [0.717, 1.165) is 0 Å². The van der Waals surface area contributed by atoms with Gasteiger partial charge in [0.05, 0.1) is 6.61 Å². The van der Waals surface area contributed by atoms with Crippen molar-refractivity contribution in [2.24, 2.45) is 0 Å². The number of ether oxygens (including phenoxy) is 1. The van der Waals surface area contributed by atoms with Crippen molar-refractivity contribution in [3.63, 3.8) is 0 Å². The van der Waals surface area contributed by atoms with Crippen molar-refractivity contribution < 1.29 is 34.7 Å². The fraction of sp³-hybridized carbons (Fsp3) is 0.500. The summed E-state index contributed by atoms with van der Waals surface area (Å²) in [4.78, 5) is 0. The van der Waals surface area contributed by atoms with Crippen molar-refractivity contribution >= 4 is 0 Å². The molecule has 1 aliphatic rings. The van der Waals surface area contributed by atoms with Crippen LogP contribution in [0.15, 0.2) is 12.3 Å². The van der Waals surface area contributed by atoms with Crippen molar-refractivity contribution in [1.29, 1.82) is 0 Å². The maximum atomic E-state index is 8.98. The predicted molar refractivity (Wildman–Crippen MR) is 31.4 cm³/mol. The second kappa shape index (κ2) is 4.73. The topological polar surface area (TPSA) is 49.7 Å². The SMILES string of the molecule is OCC1OC=C[CH-][C@@H]1O.[Os+]. The van der Waals surface area contributed by atoms with Crippen LogP contribution in [-0.4, -0.2) is 29.0 Å². The smallest absolute Gasteiger partial charge is 0.580 e. The van der Waals surface area contributed by atoms with E-state index < -0.39 is 12.2 Å². The molecule has 2 N–H and O–H groups in total. The third-order valence-corrected chi connectivity index (χ3v) is 1.20. The van der Waals surface area contributed by atoms with Gasteiger partial charge in [0, 0.05) is 6.10 Å². The quantitative estimate of drug-likeness (QED) is 0.638. The van der Waals surface area contributed by atoms with E-state index >= 15 is 0 Å². The molecule has 1 heterocycles. The minimum atomic E-state index is -0.667. The van der Waals surface area contributed by atoms with Crippen LogP contribution in [0.1, 0.15) is 0 Å². The zero-order valence-corrected chi connectivity index (χ0v) is 7.79. The van der Waals surface area contributed by atoms with Gasteiger partial charge in [0.25, 0.3) is 0 Å². The predicted octanol–water partition coefficient (Wildman–Crippen LogP) is -0.546. The zero-order chi connectivity index (χ0) is 6.69. The molecule has 0 fully saturated rings. The average Bonchev–Trinajstić information content (AvgIpc) is 1.89. The Morgan fingerprint density at radius 1 is 1.60 bits per heavy atom. The van der Waals surface area contributed by atoms with Gasteiger partial charge in [-0.2, -0.15) is 12.5 Å². The minimum absolute atomic E-state index is 0. The second-order valence-electron chi connectivity index (χ2n) is 1.87. The molecule has 0 aromatic carbocycles. The first-order valence-corrected chi connectivity index (χ1v) is 2.79. The van der Waals surface area contributed by atoms with Crippen molar-refractivity contribution in [1.82, 2.24) is 0 Å². The van der Waals surface area contributed by atoms with Gasteiger partial charge in [-0.05, 0) is 0 Å². The monoisotopic (exact) mass is 321 g/mol. The van der Waals surface area contributed by atoms with Gasteiger partial charge in [0.15, 0.2) is 0 Å². The van der Waals surface area contributed by atoms with Crippen LogP contribution in [0.5, 0.6) is 0 Å². The molecule has 0 saturated carbocycles. The van der Waals surface area contributed by atoms with Crippen molar-refractivity contribution in [2.45, 2.75) is 12.2 Å². The molecule has 1 aliphatic heterocycles. The summed E-state index contributed by atoms with van der Waals surface area (Å²) in [6, 6.07) is 0. The molecule has 1 radical (unpaired) electrons. The molecule has 3 nitrogen and oxygen atoms in total. The van der Waals surface area contributed by atoms with E-state index in [2.05, 4.69) is 0 Å². The van der Waals surface area contributed by atoms with Crippen molar-refractivity contribution in [3.8, 4) is 0 Å². The molecule has 2 atom stereocenters. The molecule has 0 aromatic heterocycles. The number of hydrogen-bond donors (Lipinski definition) is 2. The maximum absolute atomic E-state index is 8.98. The maximum Gasteiger partial charge on any atom is 1.00 e. The Balaban J connectivity index is 0.000000810. The van der Waals surface area contributed by atoms with E-state index in [-0.39, 0.29) is 26.4 Å². The van der Waals surface area contributed by atoms with E-state index in [9.17, 15) is 0 Å². The average molecular weight is 319 g/mol. The Morgan fingerprint density at radius 2 is 2.30 bits per heavy atom. The number of rotatable bonds is 1. The molecular weight excluding hydrogens is 310 g/mol. The van der Waals surface area contributed by atoms with Crippen LogP contribution >= 0.6 is 0 Å². The fourth-order valence-electron chi connectivity index (χ4n) is 0.661. The van der Waals surface area contributed by atoms with E-state index in [0.29, 0.717) is 0 Å². The van der Waals surface area contributed by atoms with E-state index in [1.165, 1.54) is 6.26 Å². The Kier molecular flexibility index (Phi) is 4.72. The van der Waals surface area contributed by atoms with Gasteiger partial charge in [0.1, 0.15) is 6.10 Å². The summed E-state index contributed by atoms with van der Waals surface area (Å²) in [5.41, 5.74) is 0. The number of hydrogen-bond acceptors (Lipinski definition) is 3. The van der Waals surface area contributed by atoms with Crippen LogP contribution < -0.4 is 0 Å². The van der Waals surface area contributed by atoms with Gasteiger partial charge in [0.2, 0.25) is 0 Å². The molecule has 4 heteroatoms. The Hall–Kier alpha value is -0.0336. The molecule has 0 spiro atoms. The zero-order valence-electron chi connectivity index (χ0n) is 5.25. The number of aliphatic hydroxyl groups excluding tert-OH is 2. The summed E-state index contributed by atoms with van der Waals surface area (Å²) < 4.78 is 4.83. The van der Waals surface area contributed by atoms with Crippen LogP contribution in [0.3, 0.4) is 0 Å². The molecule has 59 valence electrons. The van der Waals surface area contributed by atoms with E-state index in [1.54, 1.807) is 12.5 Å². The normalized spacial score (nSPS) is 29.8. The third kappa shape index (κ3) is 2.30. The van der Waals surface area contributed by atoms with Gasteiger partial charge in [-0.25, -0.2) is 0 Å². The molecule has 10 heavy (non-hydrogen) atoms. The molecule has 0 amide bonds. The van der Waals surface area contributed by atoms with Gasteiger partial charge in [-0.15, -0.1) is 0 Å². The standard InChI is InChI=1S/C6H9O3.Os/c7-4-6-5(8)2-1-3-9-6;/h1-3,5-8H,4H2;/q-1;+1/t5-,6?;/m0./s1. The largest absolute Gasteiger partial charge is 1.00 e. The van der Waals surface area contributed by atoms with Crippen molar-refractivity contribution in [2.75, 3.05) is 6.61 Å². The Bertz CT molecular complexity index is 116.